The first kappa shape index (κ1) is 22.5. The van der Waals surface area contributed by atoms with Crippen molar-refractivity contribution >= 4 is 34.7 Å². The minimum Gasteiger partial charge on any atom is -0.451 e. The highest BCUT2D eigenvalue weighted by Crippen LogP contribution is 2.25. The van der Waals surface area contributed by atoms with Gasteiger partial charge in [-0.25, -0.2) is 4.79 Å². The molecule has 2 aromatic rings. The lowest BCUT2D eigenvalue weighted by molar-refractivity contribution is -0.384. The Morgan fingerprint density at radius 2 is 1.73 bits per heavy atom. The van der Waals surface area contributed by atoms with E-state index >= 15 is 0 Å². The van der Waals surface area contributed by atoms with E-state index in [1.54, 1.807) is 12.1 Å². The van der Waals surface area contributed by atoms with Gasteiger partial charge in [0.05, 0.1) is 10.5 Å². The van der Waals surface area contributed by atoms with Crippen LogP contribution in [-0.2, 0) is 9.53 Å². The van der Waals surface area contributed by atoms with Crippen molar-refractivity contribution in [2.45, 2.75) is 32.8 Å². The van der Waals surface area contributed by atoms with E-state index in [1.165, 1.54) is 38.2 Å². The van der Waals surface area contributed by atoms with Gasteiger partial charge in [0.2, 0.25) is 11.7 Å². The van der Waals surface area contributed by atoms with Crippen molar-refractivity contribution in [1.29, 1.82) is 0 Å². The fourth-order valence-corrected chi connectivity index (χ4v) is 2.71. The van der Waals surface area contributed by atoms with Crippen LogP contribution in [0.15, 0.2) is 42.5 Å². The number of ether oxygens (including phenoxy) is 1. The molecule has 0 radical (unpaired) electrons. The summed E-state index contributed by atoms with van der Waals surface area (Å²) < 4.78 is 5.19. The summed E-state index contributed by atoms with van der Waals surface area (Å²) in [5.41, 5.74) is 0.819. The van der Waals surface area contributed by atoms with Crippen LogP contribution in [0.1, 0.15) is 47.4 Å². The number of nitro groups is 1. The van der Waals surface area contributed by atoms with Crippen LogP contribution >= 0.6 is 0 Å². The van der Waals surface area contributed by atoms with Crippen LogP contribution in [0.5, 0.6) is 0 Å². The quantitative estimate of drug-likeness (QED) is 0.277. The topological polar surface area (TPSA) is 128 Å². The summed E-state index contributed by atoms with van der Waals surface area (Å²) in [5.74, 6) is -1.39. The molecule has 0 aromatic heterocycles. The maximum absolute atomic E-state index is 12.5. The third kappa shape index (κ3) is 5.63. The van der Waals surface area contributed by atoms with E-state index in [4.69, 9.17) is 4.74 Å². The molecule has 9 heteroatoms. The van der Waals surface area contributed by atoms with Gasteiger partial charge in [-0.05, 0) is 49.7 Å². The number of amides is 1. The van der Waals surface area contributed by atoms with Crippen molar-refractivity contribution in [3.05, 3.63) is 63.7 Å². The largest absolute Gasteiger partial charge is 0.451 e. The van der Waals surface area contributed by atoms with E-state index in [2.05, 4.69) is 10.6 Å². The van der Waals surface area contributed by atoms with Crippen LogP contribution in [0.25, 0.3) is 0 Å². The number of benzene rings is 2. The lowest BCUT2D eigenvalue weighted by Crippen LogP contribution is -2.24. The summed E-state index contributed by atoms with van der Waals surface area (Å²) in [6.45, 7) is 3.32. The summed E-state index contributed by atoms with van der Waals surface area (Å²) >= 11 is 0. The lowest BCUT2D eigenvalue weighted by Gasteiger charge is -2.13. The molecule has 0 bridgehead atoms. The molecule has 1 amide bonds. The molecule has 2 N–H and O–H groups in total. The molecular formula is C21H23N3O6. The highest BCUT2D eigenvalue weighted by atomic mass is 16.6. The molecule has 0 heterocycles. The van der Waals surface area contributed by atoms with E-state index in [9.17, 15) is 24.5 Å². The molecule has 2 aromatic carbocycles. The minimum absolute atomic E-state index is 0.0330. The second-order valence-electron chi connectivity index (χ2n) is 6.53. The molecule has 0 saturated carbocycles. The van der Waals surface area contributed by atoms with Crippen molar-refractivity contribution in [2.75, 3.05) is 17.7 Å². The fourth-order valence-electron chi connectivity index (χ4n) is 2.71. The number of ketones is 1. The molecular weight excluding hydrogens is 390 g/mol. The molecule has 0 saturated heterocycles. The number of hydrogen-bond donors (Lipinski definition) is 2. The Morgan fingerprint density at radius 1 is 1.10 bits per heavy atom. The smallest absolute Gasteiger partial charge is 0.339 e. The number of nitrogens with one attached hydrogen (secondary N) is 2. The summed E-state index contributed by atoms with van der Waals surface area (Å²) in [5, 5.41) is 16.5. The number of carbonyl (C=O) groups excluding carboxylic acids is 3. The third-order valence-corrected chi connectivity index (χ3v) is 4.28. The van der Waals surface area contributed by atoms with Gasteiger partial charge < -0.3 is 15.4 Å². The van der Waals surface area contributed by atoms with Crippen molar-refractivity contribution < 1.29 is 24.0 Å². The Labute approximate surface area is 173 Å². The predicted molar refractivity (Wildman–Crippen MR) is 112 cm³/mol. The number of rotatable bonds is 9. The Morgan fingerprint density at radius 3 is 2.30 bits per heavy atom. The van der Waals surface area contributed by atoms with E-state index in [-0.39, 0.29) is 22.8 Å². The number of nitro benzene ring substituents is 1. The van der Waals surface area contributed by atoms with Crippen molar-refractivity contribution in [1.82, 2.24) is 0 Å². The first-order valence-electron chi connectivity index (χ1n) is 9.38. The summed E-state index contributed by atoms with van der Waals surface area (Å²) in [4.78, 5) is 47.0. The second-order valence-corrected chi connectivity index (χ2v) is 6.53. The number of anilines is 2. The monoisotopic (exact) mass is 413 g/mol. The number of esters is 1. The molecule has 1 atom stereocenters. The zero-order valence-corrected chi connectivity index (χ0v) is 16.9. The van der Waals surface area contributed by atoms with Crippen LogP contribution < -0.4 is 10.6 Å². The first-order valence-corrected chi connectivity index (χ1v) is 9.38. The summed E-state index contributed by atoms with van der Waals surface area (Å²) in [6, 6.07) is 10.1. The third-order valence-electron chi connectivity index (χ3n) is 4.28. The maximum atomic E-state index is 12.5. The van der Waals surface area contributed by atoms with E-state index in [0.29, 0.717) is 17.7 Å². The number of Topliss-reactive ketones (excluding diaryl/α,β-unsaturated/α-hetero) is 1. The van der Waals surface area contributed by atoms with Gasteiger partial charge in [0.15, 0.2) is 6.10 Å². The van der Waals surface area contributed by atoms with Crippen LogP contribution in [0, 0.1) is 10.1 Å². The summed E-state index contributed by atoms with van der Waals surface area (Å²) in [7, 11) is 1.53. The highest BCUT2D eigenvalue weighted by molar-refractivity contribution is 6.02. The molecule has 158 valence electrons. The SMILES string of the molecule is CCCC(=O)Nc1ccc(C(=O)[C@@H](C)OC(=O)c2ccc(NC)c([N+](=O)[O-])c2)cc1. The predicted octanol–water partition coefficient (Wildman–Crippen LogP) is 3.80. The lowest BCUT2D eigenvalue weighted by atomic mass is 10.1. The van der Waals surface area contributed by atoms with Gasteiger partial charge in [0.25, 0.3) is 5.69 Å². The van der Waals surface area contributed by atoms with Crippen molar-refractivity contribution in [2.24, 2.45) is 0 Å². The van der Waals surface area contributed by atoms with Crippen molar-refractivity contribution in [3.63, 3.8) is 0 Å². The van der Waals surface area contributed by atoms with Gasteiger partial charge in [-0.1, -0.05) is 6.92 Å². The molecule has 2 rings (SSSR count). The standard InChI is InChI=1S/C21H23N3O6/c1-4-5-19(25)23-16-9-6-14(7-10-16)20(26)13(2)30-21(27)15-8-11-17(22-3)18(12-15)24(28)29/h6-13,22H,4-5H2,1-3H3,(H,23,25)/t13-/m1/s1. The zero-order chi connectivity index (χ0) is 22.3. The molecule has 0 aliphatic rings. The van der Waals surface area contributed by atoms with E-state index in [0.717, 1.165) is 12.5 Å². The number of hydrogen-bond acceptors (Lipinski definition) is 7. The van der Waals surface area contributed by atoms with Gasteiger partial charge in [-0.15, -0.1) is 0 Å². The average molecular weight is 413 g/mol. The molecule has 0 aliphatic heterocycles. The first-order chi connectivity index (χ1) is 14.3. The molecule has 0 spiro atoms. The van der Waals surface area contributed by atoms with Crippen LogP contribution in [0.4, 0.5) is 17.1 Å². The molecule has 0 unspecified atom stereocenters. The normalized spacial score (nSPS) is 11.3. The number of carbonyl (C=O) groups is 3. The minimum atomic E-state index is -1.10. The van der Waals surface area contributed by atoms with Crippen LogP contribution in [0.3, 0.4) is 0 Å². The van der Waals surface area contributed by atoms with Gasteiger partial charge in [-0.3, -0.25) is 19.7 Å². The average Bonchev–Trinajstić information content (AvgIpc) is 2.73. The second kappa shape index (κ2) is 10.1. The van der Waals surface area contributed by atoms with Gasteiger partial charge in [-0.2, -0.15) is 0 Å². The molecule has 0 aliphatic carbocycles. The van der Waals surface area contributed by atoms with Crippen LogP contribution in [-0.4, -0.2) is 35.7 Å². The van der Waals surface area contributed by atoms with Gasteiger partial charge >= 0.3 is 5.97 Å². The Kier molecular flexibility index (Phi) is 7.62. The molecule has 9 nitrogen and oxygen atoms in total. The van der Waals surface area contributed by atoms with E-state index < -0.39 is 22.8 Å². The molecule has 30 heavy (non-hydrogen) atoms. The van der Waals surface area contributed by atoms with Gasteiger partial charge in [0, 0.05) is 30.8 Å². The Bertz CT molecular complexity index is 956. The highest BCUT2D eigenvalue weighted by Gasteiger charge is 2.23. The maximum Gasteiger partial charge on any atom is 0.339 e. The fraction of sp³-hybridized carbons (Fsp3) is 0.286. The van der Waals surface area contributed by atoms with Crippen LogP contribution in [0.2, 0.25) is 0 Å². The summed E-state index contributed by atoms with van der Waals surface area (Å²) in [6.07, 6.45) is 0.0360. The Balaban J connectivity index is 2.06. The van der Waals surface area contributed by atoms with E-state index in [1.807, 2.05) is 6.92 Å². The number of nitrogens with zero attached hydrogens (tertiary/aromatic N) is 1. The molecule has 0 fully saturated rings. The van der Waals surface area contributed by atoms with Gasteiger partial charge in [0.1, 0.15) is 5.69 Å². The Hall–Kier alpha value is -3.75. The zero-order valence-electron chi connectivity index (χ0n) is 16.9. The van der Waals surface area contributed by atoms with Crippen molar-refractivity contribution in [3.8, 4) is 0 Å².